The normalized spacial score (nSPS) is 25.4. The molecule has 1 aliphatic rings. The molecule has 0 spiro atoms. The summed E-state index contributed by atoms with van der Waals surface area (Å²) in [6, 6.07) is 6.95. The zero-order valence-electron chi connectivity index (χ0n) is 10.9. The van der Waals surface area contributed by atoms with Crippen LogP contribution in [-0.2, 0) is 10.0 Å². The van der Waals surface area contributed by atoms with E-state index in [9.17, 15) is 8.42 Å². The third-order valence-corrected chi connectivity index (χ3v) is 6.07. The van der Waals surface area contributed by atoms with Gasteiger partial charge in [0.05, 0.1) is 4.90 Å². The summed E-state index contributed by atoms with van der Waals surface area (Å²) in [6.07, 6.45) is 1.64. The monoisotopic (exact) mass is 346 g/mol. The molecule has 1 saturated heterocycles. The van der Waals surface area contributed by atoms with Crippen LogP contribution in [0.25, 0.3) is 0 Å². The lowest BCUT2D eigenvalue weighted by molar-refractivity contribution is 0.230. The average molecular weight is 347 g/mol. The fourth-order valence-electron chi connectivity index (χ4n) is 2.44. The summed E-state index contributed by atoms with van der Waals surface area (Å²) >= 11 is 3.31. The molecule has 1 heterocycles. The molecule has 2 N–H and O–H groups in total. The maximum atomic E-state index is 12.6. The molecule has 0 amide bonds. The minimum Gasteiger partial charge on any atom is -0.327 e. The fraction of sp³-hybridized carbons (Fsp3) is 0.538. The molecule has 1 aromatic rings. The lowest BCUT2D eigenvalue weighted by Crippen LogP contribution is -2.48. The van der Waals surface area contributed by atoms with Gasteiger partial charge in [-0.1, -0.05) is 35.3 Å². The van der Waals surface area contributed by atoms with Crippen molar-refractivity contribution in [2.24, 2.45) is 11.7 Å². The van der Waals surface area contributed by atoms with Gasteiger partial charge < -0.3 is 5.73 Å². The van der Waals surface area contributed by atoms with E-state index < -0.39 is 10.0 Å². The molecule has 19 heavy (non-hydrogen) atoms. The van der Waals surface area contributed by atoms with Crippen LogP contribution in [0.15, 0.2) is 33.6 Å². The third-order valence-electron chi connectivity index (χ3n) is 3.71. The molecule has 6 heteroatoms. The SMILES string of the molecule is CCC1CN(S(=O)(=O)c2cccc(Br)c2)CCC1N. The Kier molecular flexibility index (Phi) is 4.66. The van der Waals surface area contributed by atoms with E-state index in [1.807, 2.05) is 6.07 Å². The van der Waals surface area contributed by atoms with Gasteiger partial charge in [-0.15, -0.1) is 0 Å². The summed E-state index contributed by atoms with van der Waals surface area (Å²) in [7, 11) is -3.40. The van der Waals surface area contributed by atoms with Crippen LogP contribution in [0.1, 0.15) is 19.8 Å². The zero-order chi connectivity index (χ0) is 14.0. The molecule has 0 saturated carbocycles. The molecule has 1 fully saturated rings. The summed E-state index contributed by atoms with van der Waals surface area (Å²) in [5, 5.41) is 0. The van der Waals surface area contributed by atoms with Crippen molar-refractivity contribution in [3.8, 4) is 0 Å². The molecule has 2 unspecified atom stereocenters. The lowest BCUT2D eigenvalue weighted by atomic mass is 9.92. The molecule has 1 aromatic carbocycles. The van der Waals surface area contributed by atoms with Crippen LogP contribution < -0.4 is 5.73 Å². The van der Waals surface area contributed by atoms with Crippen LogP contribution >= 0.6 is 15.9 Å². The van der Waals surface area contributed by atoms with Gasteiger partial charge in [-0.25, -0.2) is 8.42 Å². The first kappa shape index (κ1) is 15.0. The van der Waals surface area contributed by atoms with Gasteiger partial charge in [0.15, 0.2) is 0 Å². The van der Waals surface area contributed by atoms with Gasteiger partial charge in [-0.2, -0.15) is 4.31 Å². The number of hydrogen-bond donors (Lipinski definition) is 1. The second-order valence-corrected chi connectivity index (χ2v) is 7.79. The molecule has 0 bridgehead atoms. The van der Waals surface area contributed by atoms with E-state index in [-0.39, 0.29) is 12.0 Å². The Labute approximate surface area is 123 Å². The largest absolute Gasteiger partial charge is 0.327 e. The van der Waals surface area contributed by atoms with Crippen LogP contribution in [0.5, 0.6) is 0 Å². The molecule has 2 atom stereocenters. The summed E-state index contributed by atoms with van der Waals surface area (Å²) < 4.78 is 27.5. The Morgan fingerprint density at radius 1 is 1.47 bits per heavy atom. The number of benzene rings is 1. The van der Waals surface area contributed by atoms with E-state index in [1.165, 1.54) is 0 Å². The zero-order valence-corrected chi connectivity index (χ0v) is 13.3. The highest BCUT2D eigenvalue weighted by atomic mass is 79.9. The maximum absolute atomic E-state index is 12.6. The van der Waals surface area contributed by atoms with E-state index in [0.29, 0.717) is 18.0 Å². The van der Waals surface area contributed by atoms with Crippen molar-refractivity contribution >= 4 is 26.0 Å². The fourth-order valence-corrected chi connectivity index (χ4v) is 4.55. The molecule has 2 rings (SSSR count). The summed E-state index contributed by atoms with van der Waals surface area (Å²) in [4.78, 5) is 0.340. The molecule has 0 radical (unpaired) electrons. The highest BCUT2D eigenvalue weighted by molar-refractivity contribution is 9.10. The Bertz CT molecular complexity index is 547. The summed E-state index contributed by atoms with van der Waals surface area (Å²) in [5.74, 6) is 0.246. The minimum atomic E-state index is -3.40. The van der Waals surface area contributed by atoms with Gasteiger partial charge in [0, 0.05) is 23.6 Å². The predicted octanol–water partition coefficient (Wildman–Crippen LogP) is 2.20. The number of nitrogens with two attached hydrogens (primary N) is 1. The van der Waals surface area contributed by atoms with Crippen molar-refractivity contribution in [1.82, 2.24) is 4.31 Å². The second-order valence-electron chi connectivity index (χ2n) is 4.94. The van der Waals surface area contributed by atoms with Crippen LogP contribution in [-0.4, -0.2) is 31.9 Å². The number of sulfonamides is 1. The standard InChI is InChI=1S/C13H19BrN2O2S/c1-2-10-9-16(7-6-13(10)15)19(17,18)12-5-3-4-11(14)8-12/h3-5,8,10,13H,2,6-7,9,15H2,1H3. The highest BCUT2D eigenvalue weighted by Gasteiger charge is 2.33. The topological polar surface area (TPSA) is 63.4 Å². The molecule has 0 aliphatic carbocycles. The Hall–Kier alpha value is -0.430. The van der Waals surface area contributed by atoms with E-state index in [1.54, 1.807) is 22.5 Å². The van der Waals surface area contributed by atoms with E-state index in [4.69, 9.17) is 5.73 Å². The Balaban J connectivity index is 2.25. The van der Waals surface area contributed by atoms with Crippen molar-refractivity contribution in [2.75, 3.05) is 13.1 Å². The predicted molar refractivity (Wildman–Crippen MR) is 79.3 cm³/mol. The minimum absolute atomic E-state index is 0.110. The molecular weight excluding hydrogens is 328 g/mol. The van der Waals surface area contributed by atoms with Gasteiger partial charge in [-0.05, 0) is 30.5 Å². The van der Waals surface area contributed by atoms with Gasteiger partial charge in [0.25, 0.3) is 0 Å². The van der Waals surface area contributed by atoms with Crippen molar-refractivity contribution in [2.45, 2.75) is 30.7 Å². The third kappa shape index (κ3) is 3.18. The van der Waals surface area contributed by atoms with Crippen molar-refractivity contribution in [3.63, 3.8) is 0 Å². The first-order valence-electron chi connectivity index (χ1n) is 6.46. The number of hydrogen-bond acceptors (Lipinski definition) is 3. The van der Waals surface area contributed by atoms with Crippen LogP contribution in [0, 0.1) is 5.92 Å². The van der Waals surface area contributed by atoms with Crippen LogP contribution in [0.3, 0.4) is 0 Å². The smallest absolute Gasteiger partial charge is 0.243 e. The average Bonchev–Trinajstić information content (AvgIpc) is 2.39. The van der Waals surface area contributed by atoms with Crippen molar-refractivity contribution < 1.29 is 8.42 Å². The van der Waals surface area contributed by atoms with E-state index in [2.05, 4.69) is 22.9 Å². The van der Waals surface area contributed by atoms with E-state index in [0.717, 1.165) is 17.3 Å². The molecule has 106 valence electrons. The number of halogens is 1. The van der Waals surface area contributed by atoms with Gasteiger partial charge >= 0.3 is 0 Å². The molecular formula is C13H19BrN2O2S. The van der Waals surface area contributed by atoms with Gasteiger partial charge in [0.2, 0.25) is 10.0 Å². The summed E-state index contributed by atoms with van der Waals surface area (Å²) in [5.41, 5.74) is 6.03. The van der Waals surface area contributed by atoms with Gasteiger partial charge in [-0.3, -0.25) is 0 Å². The van der Waals surface area contributed by atoms with Crippen LogP contribution in [0.2, 0.25) is 0 Å². The quantitative estimate of drug-likeness (QED) is 0.912. The maximum Gasteiger partial charge on any atom is 0.243 e. The highest BCUT2D eigenvalue weighted by Crippen LogP contribution is 2.26. The van der Waals surface area contributed by atoms with Crippen LogP contribution in [0.4, 0.5) is 0 Å². The van der Waals surface area contributed by atoms with Crippen molar-refractivity contribution in [1.29, 1.82) is 0 Å². The number of rotatable bonds is 3. The second kappa shape index (κ2) is 5.91. The lowest BCUT2D eigenvalue weighted by Gasteiger charge is -2.35. The summed E-state index contributed by atoms with van der Waals surface area (Å²) in [6.45, 7) is 3.08. The molecule has 0 aromatic heterocycles. The first-order valence-corrected chi connectivity index (χ1v) is 8.69. The molecule has 4 nitrogen and oxygen atoms in total. The van der Waals surface area contributed by atoms with E-state index >= 15 is 0 Å². The first-order chi connectivity index (χ1) is 8.95. The van der Waals surface area contributed by atoms with Crippen molar-refractivity contribution in [3.05, 3.63) is 28.7 Å². The molecule has 1 aliphatic heterocycles. The number of piperidine rings is 1. The number of nitrogens with zero attached hydrogens (tertiary/aromatic N) is 1. The Morgan fingerprint density at radius 2 is 2.21 bits per heavy atom. The Morgan fingerprint density at radius 3 is 2.84 bits per heavy atom. The van der Waals surface area contributed by atoms with Gasteiger partial charge in [0.1, 0.15) is 0 Å².